The van der Waals surface area contributed by atoms with Gasteiger partial charge < -0.3 is 0 Å². The van der Waals surface area contributed by atoms with E-state index in [1.165, 1.54) is 80.0 Å². The Morgan fingerprint density at radius 3 is 1.87 bits per heavy atom. The molecular formula is C30H41F. The first-order valence-electron chi connectivity index (χ1n) is 12.8. The van der Waals surface area contributed by atoms with E-state index < -0.39 is 6.17 Å². The number of hydrogen-bond donors (Lipinski definition) is 0. The fourth-order valence-corrected chi connectivity index (χ4v) is 4.74. The van der Waals surface area contributed by atoms with Gasteiger partial charge >= 0.3 is 0 Å². The second-order valence-electron chi connectivity index (χ2n) is 9.36. The van der Waals surface area contributed by atoms with Gasteiger partial charge in [-0.2, -0.15) is 0 Å². The number of hydrogen-bond acceptors (Lipinski definition) is 0. The van der Waals surface area contributed by atoms with Gasteiger partial charge in [0, 0.05) is 0 Å². The van der Waals surface area contributed by atoms with Gasteiger partial charge in [0.25, 0.3) is 0 Å². The average molecular weight is 421 g/mol. The summed E-state index contributed by atoms with van der Waals surface area (Å²) in [7, 11) is 0. The highest BCUT2D eigenvalue weighted by atomic mass is 19.1. The molecule has 0 aliphatic heterocycles. The minimum absolute atomic E-state index is 0.537. The largest absolute Gasteiger partial charge is 0.247 e. The van der Waals surface area contributed by atoms with E-state index in [1.807, 2.05) is 0 Å². The molecule has 0 atom stereocenters. The van der Waals surface area contributed by atoms with Gasteiger partial charge in [0.1, 0.15) is 6.17 Å². The van der Waals surface area contributed by atoms with E-state index in [4.69, 9.17) is 0 Å². The van der Waals surface area contributed by atoms with Crippen LogP contribution in [0.25, 0.3) is 17.2 Å². The van der Waals surface area contributed by atoms with Crippen LogP contribution in [0.3, 0.4) is 0 Å². The standard InChI is InChI=1S/C30H41F/c1-2-3-4-5-6-7-8-9-10-11-12-25-13-15-26(16-14-25)27-17-19-28(20-18-27)29-21-23-30(31)24-22-29/h11-20,29-30H,2-10,21-24H2,1H3. The molecule has 0 radical (unpaired) electrons. The maximum absolute atomic E-state index is 13.4. The molecule has 168 valence electrons. The van der Waals surface area contributed by atoms with Crippen molar-refractivity contribution in [2.75, 3.05) is 0 Å². The highest BCUT2D eigenvalue weighted by Crippen LogP contribution is 2.35. The average Bonchev–Trinajstić information content (AvgIpc) is 2.81. The van der Waals surface area contributed by atoms with Crippen molar-refractivity contribution in [3.63, 3.8) is 0 Å². The van der Waals surface area contributed by atoms with Gasteiger partial charge in [-0.15, -0.1) is 0 Å². The molecule has 1 saturated carbocycles. The molecular weight excluding hydrogens is 379 g/mol. The molecule has 0 saturated heterocycles. The summed E-state index contributed by atoms with van der Waals surface area (Å²) in [5, 5.41) is 0. The predicted octanol–water partition coefficient (Wildman–Crippen LogP) is 9.89. The molecule has 0 nitrogen and oxygen atoms in total. The van der Waals surface area contributed by atoms with Crippen LogP contribution >= 0.6 is 0 Å². The van der Waals surface area contributed by atoms with Crippen LogP contribution < -0.4 is 0 Å². The SMILES string of the molecule is CCCCCCCCCCC=Cc1ccc(-c2ccc(C3CCC(F)CC3)cc2)cc1. The van der Waals surface area contributed by atoms with Gasteiger partial charge in [-0.3, -0.25) is 0 Å². The molecule has 1 heteroatoms. The summed E-state index contributed by atoms with van der Waals surface area (Å²) in [5.74, 6) is 0.537. The molecule has 2 aromatic rings. The molecule has 0 aromatic heterocycles. The third kappa shape index (κ3) is 8.28. The lowest BCUT2D eigenvalue weighted by Gasteiger charge is -2.24. The summed E-state index contributed by atoms with van der Waals surface area (Å²) in [5.41, 5.74) is 5.18. The van der Waals surface area contributed by atoms with Crippen LogP contribution in [0, 0.1) is 0 Å². The van der Waals surface area contributed by atoms with Crippen molar-refractivity contribution in [3.8, 4) is 11.1 Å². The smallest absolute Gasteiger partial charge is 0.100 e. The van der Waals surface area contributed by atoms with Crippen molar-refractivity contribution < 1.29 is 4.39 Å². The molecule has 1 aliphatic rings. The third-order valence-corrected chi connectivity index (χ3v) is 6.82. The van der Waals surface area contributed by atoms with Gasteiger partial charge in [0.2, 0.25) is 0 Å². The number of benzene rings is 2. The molecule has 0 unspecified atom stereocenters. The normalized spacial score (nSPS) is 19.2. The van der Waals surface area contributed by atoms with Crippen molar-refractivity contribution in [2.45, 2.75) is 102 Å². The Bertz CT molecular complexity index is 748. The van der Waals surface area contributed by atoms with Crippen LogP contribution in [0.1, 0.15) is 107 Å². The lowest BCUT2D eigenvalue weighted by Crippen LogP contribution is -2.13. The molecule has 0 heterocycles. The maximum Gasteiger partial charge on any atom is 0.100 e. The Morgan fingerprint density at radius 1 is 0.710 bits per heavy atom. The van der Waals surface area contributed by atoms with Crippen LogP contribution in [0.5, 0.6) is 0 Å². The van der Waals surface area contributed by atoms with Crippen molar-refractivity contribution >= 4 is 6.08 Å². The molecule has 0 N–H and O–H groups in total. The van der Waals surface area contributed by atoms with E-state index >= 15 is 0 Å². The highest BCUT2D eigenvalue weighted by molar-refractivity contribution is 5.66. The summed E-state index contributed by atoms with van der Waals surface area (Å²) in [6.45, 7) is 2.28. The predicted molar refractivity (Wildman–Crippen MR) is 134 cm³/mol. The van der Waals surface area contributed by atoms with Gasteiger partial charge in [-0.1, -0.05) is 113 Å². The van der Waals surface area contributed by atoms with Crippen LogP contribution in [0.4, 0.5) is 4.39 Å². The van der Waals surface area contributed by atoms with Crippen molar-refractivity contribution in [1.29, 1.82) is 0 Å². The van der Waals surface area contributed by atoms with Crippen molar-refractivity contribution in [1.82, 2.24) is 0 Å². The summed E-state index contributed by atoms with van der Waals surface area (Å²) < 4.78 is 13.4. The molecule has 3 rings (SSSR count). The summed E-state index contributed by atoms with van der Waals surface area (Å²) in [6, 6.07) is 17.8. The molecule has 1 fully saturated rings. The zero-order valence-electron chi connectivity index (χ0n) is 19.5. The molecule has 1 aliphatic carbocycles. The second kappa shape index (κ2) is 13.5. The number of unbranched alkanes of at least 4 members (excludes halogenated alkanes) is 8. The van der Waals surface area contributed by atoms with E-state index in [2.05, 4.69) is 67.6 Å². The van der Waals surface area contributed by atoms with Crippen LogP contribution in [-0.2, 0) is 0 Å². The zero-order valence-corrected chi connectivity index (χ0v) is 19.5. The first-order chi connectivity index (χ1) is 15.3. The van der Waals surface area contributed by atoms with Gasteiger partial charge in [-0.05, 0) is 66.7 Å². The Balaban J connectivity index is 1.39. The maximum atomic E-state index is 13.4. The Labute approximate surface area is 190 Å². The number of allylic oxidation sites excluding steroid dienone is 1. The zero-order chi connectivity index (χ0) is 21.7. The van der Waals surface area contributed by atoms with Crippen molar-refractivity contribution in [3.05, 3.63) is 65.7 Å². The monoisotopic (exact) mass is 420 g/mol. The van der Waals surface area contributed by atoms with Crippen LogP contribution in [0.15, 0.2) is 54.6 Å². The van der Waals surface area contributed by atoms with Crippen LogP contribution in [-0.4, -0.2) is 6.17 Å². The fraction of sp³-hybridized carbons (Fsp3) is 0.533. The molecule has 31 heavy (non-hydrogen) atoms. The molecule has 0 spiro atoms. The third-order valence-electron chi connectivity index (χ3n) is 6.82. The summed E-state index contributed by atoms with van der Waals surface area (Å²) in [6.07, 6.45) is 19.6. The molecule has 0 amide bonds. The Hall–Kier alpha value is -1.89. The Morgan fingerprint density at radius 2 is 1.26 bits per heavy atom. The van der Waals surface area contributed by atoms with E-state index in [0.717, 1.165) is 25.7 Å². The molecule has 0 bridgehead atoms. The minimum Gasteiger partial charge on any atom is -0.247 e. The van der Waals surface area contributed by atoms with Gasteiger partial charge in [0.15, 0.2) is 0 Å². The van der Waals surface area contributed by atoms with Crippen LogP contribution in [0.2, 0.25) is 0 Å². The fourth-order valence-electron chi connectivity index (χ4n) is 4.74. The second-order valence-corrected chi connectivity index (χ2v) is 9.36. The quantitative estimate of drug-likeness (QED) is 0.300. The summed E-state index contributed by atoms with van der Waals surface area (Å²) in [4.78, 5) is 0. The highest BCUT2D eigenvalue weighted by Gasteiger charge is 2.21. The lowest BCUT2D eigenvalue weighted by atomic mass is 9.83. The van der Waals surface area contributed by atoms with Gasteiger partial charge in [-0.25, -0.2) is 4.39 Å². The first-order valence-corrected chi connectivity index (χ1v) is 12.8. The van der Waals surface area contributed by atoms with Crippen molar-refractivity contribution in [2.24, 2.45) is 0 Å². The van der Waals surface area contributed by atoms with Gasteiger partial charge in [0.05, 0.1) is 0 Å². The van der Waals surface area contributed by atoms with E-state index in [-0.39, 0.29) is 0 Å². The number of rotatable bonds is 12. The lowest BCUT2D eigenvalue weighted by molar-refractivity contribution is 0.235. The molecule has 2 aromatic carbocycles. The number of alkyl halides is 1. The Kier molecular flexibility index (Phi) is 10.4. The topological polar surface area (TPSA) is 0 Å². The number of halogens is 1. The van der Waals surface area contributed by atoms with E-state index in [1.54, 1.807) is 0 Å². The van der Waals surface area contributed by atoms with E-state index in [0.29, 0.717) is 5.92 Å². The first kappa shape index (κ1) is 23.8. The minimum atomic E-state index is -0.580. The van der Waals surface area contributed by atoms with E-state index in [9.17, 15) is 4.39 Å². The summed E-state index contributed by atoms with van der Waals surface area (Å²) >= 11 is 0.